The minimum absolute atomic E-state index is 0.238. The first-order valence-electron chi connectivity index (χ1n) is 5.48. The van der Waals surface area contributed by atoms with E-state index in [1.165, 1.54) is 0 Å². The van der Waals surface area contributed by atoms with Crippen LogP contribution in [0.15, 0.2) is 18.2 Å². The molecule has 17 heavy (non-hydrogen) atoms. The van der Waals surface area contributed by atoms with E-state index in [0.29, 0.717) is 10.8 Å². The predicted molar refractivity (Wildman–Crippen MR) is 69.6 cm³/mol. The molecule has 1 heterocycles. The number of halogens is 1. The van der Waals surface area contributed by atoms with Crippen molar-refractivity contribution in [2.24, 2.45) is 0 Å². The highest BCUT2D eigenvalue weighted by Crippen LogP contribution is 2.27. The minimum Gasteiger partial charge on any atom is -0.381 e. The molecule has 1 aromatic carbocycles. The summed E-state index contributed by atoms with van der Waals surface area (Å²) in [5.41, 5.74) is 8.63. The van der Waals surface area contributed by atoms with Gasteiger partial charge in [-0.1, -0.05) is 36.7 Å². The summed E-state index contributed by atoms with van der Waals surface area (Å²) in [5, 5.41) is 8.61. The number of benzene rings is 1. The molecule has 4 nitrogen and oxygen atoms in total. The number of hydrogen-bond acceptors (Lipinski definition) is 3. The van der Waals surface area contributed by atoms with Crippen LogP contribution in [0.2, 0.25) is 5.02 Å². The zero-order valence-corrected chi connectivity index (χ0v) is 10.9. The van der Waals surface area contributed by atoms with E-state index in [-0.39, 0.29) is 5.92 Å². The van der Waals surface area contributed by atoms with Gasteiger partial charge in [0.15, 0.2) is 5.82 Å². The van der Waals surface area contributed by atoms with Crippen molar-refractivity contribution < 1.29 is 0 Å². The highest BCUT2D eigenvalue weighted by atomic mass is 35.5. The average molecular weight is 251 g/mol. The van der Waals surface area contributed by atoms with Gasteiger partial charge in [-0.3, -0.25) is 0 Å². The van der Waals surface area contributed by atoms with Gasteiger partial charge in [0.25, 0.3) is 0 Å². The summed E-state index contributed by atoms with van der Waals surface area (Å²) in [4.78, 5) is 0. The maximum Gasteiger partial charge on any atom is 0.169 e. The number of nitrogens with two attached hydrogens (primary N) is 1. The zero-order chi connectivity index (χ0) is 12.6. The van der Waals surface area contributed by atoms with Crippen LogP contribution >= 0.6 is 11.6 Å². The summed E-state index contributed by atoms with van der Waals surface area (Å²) in [6, 6.07) is 5.82. The van der Waals surface area contributed by atoms with Gasteiger partial charge in [0.05, 0.1) is 16.4 Å². The van der Waals surface area contributed by atoms with Gasteiger partial charge in [-0.2, -0.15) is 0 Å². The van der Waals surface area contributed by atoms with E-state index in [1.807, 2.05) is 39.0 Å². The third-order valence-electron chi connectivity index (χ3n) is 2.61. The van der Waals surface area contributed by atoms with Gasteiger partial charge < -0.3 is 5.73 Å². The van der Waals surface area contributed by atoms with E-state index >= 15 is 0 Å². The Hall–Kier alpha value is -1.55. The number of rotatable bonds is 2. The van der Waals surface area contributed by atoms with Crippen molar-refractivity contribution >= 4 is 17.4 Å². The van der Waals surface area contributed by atoms with Crippen LogP contribution in [0, 0.1) is 6.92 Å². The van der Waals surface area contributed by atoms with E-state index in [1.54, 1.807) is 4.68 Å². The Morgan fingerprint density at radius 3 is 2.65 bits per heavy atom. The summed E-state index contributed by atoms with van der Waals surface area (Å²) in [6.45, 7) is 6.09. The molecule has 2 aromatic rings. The molecule has 0 fully saturated rings. The summed E-state index contributed by atoms with van der Waals surface area (Å²) < 4.78 is 1.71. The molecule has 1 aromatic heterocycles. The Balaban J connectivity index is 2.61. The van der Waals surface area contributed by atoms with Gasteiger partial charge in [0.2, 0.25) is 0 Å². The van der Waals surface area contributed by atoms with Crippen LogP contribution in [0.25, 0.3) is 5.69 Å². The van der Waals surface area contributed by atoms with Crippen LogP contribution in [0.4, 0.5) is 5.82 Å². The molecule has 0 aliphatic rings. The van der Waals surface area contributed by atoms with Crippen molar-refractivity contribution in [3.63, 3.8) is 0 Å². The normalized spacial score (nSPS) is 11.1. The lowest BCUT2D eigenvalue weighted by Gasteiger charge is -2.11. The molecule has 0 radical (unpaired) electrons. The predicted octanol–water partition coefficient (Wildman–Crippen LogP) is 2.93. The molecule has 2 rings (SSSR count). The lowest BCUT2D eigenvalue weighted by atomic mass is 10.1. The number of aromatic nitrogens is 3. The molecule has 0 unspecified atom stereocenters. The Morgan fingerprint density at radius 1 is 1.35 bits per heavy atom. The third kappa shape index (κ3) is 2.13. The van der Waals surface area contributed by atoms with Gasteiger partial charge in [0.1, 0.15) is 0 Å². The number of anilines is 1. The summed E-state index contributed by atoms with van der Waals surface area (Å²) in [5.74, 6) is 0.694. The summed E-state index contributed by atoms with van der Waals surface area (Å²) in [6.07, 6.45) is 0. The molecular formula is C12H15ClN4. The number of nitrogens with zero attached hydrogens (tertiary/aromatic N) is 3. The van der Waals surface area contributed by atoms with Crippen LogP contribution in [0.1, 0.15) is 31.0 Å². The molecule has 90 valence electrons. The topological polar surface area (TPSA) is 56.7 Å². The van der Waals surface area contributed by atoms with Crippen LogP contribution < -0.4 is 5.73 Å². The van der Waals surface area contributed by atoms with Crippen LogP contribution in [0.5, 0.6) is 0 Å². The highest BCUT2D eigenvalue weighted by molar-refractivity contribution is 6.32. The molecule has 0 saturated heterocycles. The Kier molecular flexibility index (Phi) is 3.07. The molecule has 5 heteroatoms. The molecule has 0 spiro atoms. The number of nitrogen functional groups attached to an aromatic ring is 1. The second kappa shape index (κ2) is 4.37. The van der Waals surface area contributed by atoms with Crippen LogP contribution in [-0.4, -0.2) is 15.0 Å². The van der Waals surface area contributed by atoms with E-state index in [0.717, 1.165) is 16.9 Å². The van der Waals surface area contributed by atoms with Gasteiger partial charge in [0, 0.05) is 0 Å². The summed E-state index contributed by atoms with van der Waals surface area (Å²) in [7, 11) is 0. The van der Waals surface area contributed by atoms with Crippen molar-refractivity contribution in [3.05, 3.63) is 34.5 Å². The maximum atomic E-state index is 6.22. The molecule has 0 aliphatic heterocycles. The van der Waals surface area contributed by atoms with Gasteiger partial charge >= 0.3 is 0 Å². The smallest absolute Gasteiger partial charge is 0.169 e. The van der Waals surface area contributed by atoms with E-state index in [9.17, 15) is 0 Å². The van der Waals surface area contributed by atoms with Crippen LogP contribution in [0.3, 0.4) is 0 Å². The summed E-state index contributed by atoms with van der Waals surface area (Å²) >= 11 is 6.22. The maximum absolute atomic E-state index is 6.22. The number of aryl methyl sites for hydroxylation is 1. The second-order valence-corrected chi connectivity index (χ2v) is 4.79. The average Bonchev–Trinajstić information content (AvgIpc) is 2.60. The van der Waals surface area contributed by atoms with Crippen LogP contribution in [-0.2, 0) is 0 Å². The molecule has 0 aliphatic carbocycles. The fourth-order valence-corrected chi connectivity index (χ4v) is 2.12. The largest absolute Gasteiger partial charge is 0.381 e. The lowest BCUT2D eigenvalue weighted by molar-refractivity contribution is 0.716. The van der Waals surface area contributed by atoms with Crippen molar-refractivity contribution in [3.8, 4) is 5.69 Å². The van der Waals surface area contributed by atoms with Crippen molar-refractivity contribution in [2.45, 2.75) is 26.7 Å². The molecule has 0 saturated carbocycles. The quantitative estimate of drug-likeness (QED) is 0.892. The first-order chi connectivity index (χ1) is 8.00. The first-order valence-corrected chi connectivity index (χ1v) is 5.86. The second-order valence-electron chi connectivity index (χ2n) is 4.38. The van der Waals surface area contributed by atoms with Gasteiger partial charge in [-0.15, -0.1) is 5.10 Å². The molecule has 0 atom stereocenters. The zero-order valence-electron chi connectivity index (χ0n) is 10.1. The highest BCUT2D eigenvalue weighted by Gasteiger charge is 2.16. The lowest BCUT2D eigenvalue weighted by Crippen LogP contribution is -2.06. The van der Waals surface area contributed by atoms with Crippen molar-refractivity contribution in [1.29, 1.82) is 0 Å². The Bertz CT molecular complexity index is 545. The standard InChI is InChI=1S/C12H15ClN4/c1-7(2)11-12(14)15-16-17(11)10-5-4-8(3)6-9(10)13/h4-7H,14H2,1-3H3. The van der Waals surface area contributed by atoms with E-state index in [2.05, 4.69) is 10.3 Å². The third-order valence-corrected chi connectivity index (χ3v) is 2.91. The Labute approximate surface area is 105 Å². The fourth-order valence-electron chi connectivity index (χ4n) is 1.80. The molecule has 0 bridgehead atoms. The molecule has 2 N–H and O–H groups in total. The van der Waals surface area contributed by atoms with E-state index < -0.39 is 0 Å². The fraction of sp³-hybridized carbons (Fsp3) is 0.333. The molecular weight excluding hydrogens is 236 g/mol. The Morgan fingerprint density at radius 2 is 2.06 bits per heavy atom. The SMILES string of the molecule is Cc1ccc(-n2nnc(N)c2C(C)C)c(Cl)c1. The minimum atomic E-state index is 0.238. The number of hydrogen-bond donors (Lipinski definition) is 1. The van der Waals surface area contributed by atoms with Gasteiger partial charge in [-0.25, -0.2) is 4.68 Å². The first kappa shape index (κ1) is 11.9. The monoisotopic (exact) mass is 250 g/mol. The molecule has 0 amide bonds. The van der Waals surface area contributed by atoms with Crippen molar-refractivity contribution in [2.75, 3.05) is 5.73 Å². The van der Waals surface area contributed by atoms with E-state index in [4.69, 9.17) is 17.3 Å². The van der Waals surface area contributed by atoms with Crippen molar-refractivity contribution in [1.82, 2.24) is 15.0 Å². The van der Waals surface area contributed by atoms with Gasteiger partial charge in [-0.05, 0) is 30.5 Å².